The van der Waals surface area contributed by atoms with Crippen LogP contribution in [0.15, 0.2) is 30.3 Å². The molecule has 1 N–H and O–H groups in total. The lowest BCUT2D eigenvalue weighted by atomic mass is 9.79. The smallest absolute Gasteiger partial charge is 0.0695 e. The average Bonchev–Trinajstić information content (AvgIpc) is 2.97. The van der Waals surface area contributed by atoms with E-state index in [0.717, 1.165) is 19.3 Å². The lowest BCUT2D eigenvalue weighted by molar-refractivity contribution is 0.00686. The van der Waals surface area contributed by atoms with Crippen molar-refractivity contribution in [2.75, 3.05) is 6.54 Å². The molecule has 2 fully saturated rings. The van der Waals surface area contributed by atoms with Crippen LogP contribution >= 0.6 is 0 Å². The highest BCUT2D eigenvalue weighted by Crippen LogP contribution is 2.38. The molecule has 0 aromatic heterocycles. The number of aliphatic hydroxyl groups is 1. The Hall–Kier alpha value is -0.860. The third kappa shape index (κ3) is 2.77. The number of rotatable bonds is 3. The van der Waals surface area contributed by atoms with Crippen molar-refractivity contribution in [3.63, 3.8) is 0 Å². The number of hydrogen-bond acceptors (Lipinski definition) is 2. The summed E-state index contributed by atoms with van der Waals surface area (Å²) < 4.78 is 0. The predicted molar refractivity (Wildman–Crippen MR) is 82.8 cm³/mol. The van der Waals surface area contributed by atoms with Crippen molar-refractivity contribution in [3.05, 3.63) is 35.9 Å². The Kier molecular flexibility index (Phi) is 4.42. The SMILES string of the molecule is CCC1CCCN1C1CC(c2ccccc2)CCC1O. The number of likely N-dealkylation sites (tertiary alicyclic amines) is 1. The topological polar surface area (TPSA) is 23.5 Å². The van der Waals surface area contributed by atoms with Gasteiger partial charge in [-0.3, -0.25) is 4.90 Å². The first-order chi connectivity index (χ1) is 9.79. The van der Waals surface area contributed by atoms with Gasteiger partial charge in [0.25, 0.3) is 0 Å². The summed E-state index contributed by atoms with van der Waals surface area (Å²) in [6.45, 7) is 3.47. The minimum Gasteiger partial charge on any atom is -0.391 e. The molecule has 0 amide bonds. The summed E-state index contributed by atoms with van der Waals surface area (Å²) >= 11 is 0. The van der Waals surface area contributed by atoms with Crippen LogP contribution < -0.4 is 0 Å². The van der Waals surface area contributed by atoms with E-state index in [1.165, 1.54) is 31.4 Å². The van der Waals surface area contributed by atoms with E-state index in [0.29, 0.717) is 18.0 Å². The summed E-state index contributed by atoms with van der Waals surface area (Å²) in [4.78, 5) is 2.61. The second-order valence-electron chi connectivity index (χ2n) is 6.50. The van der Waals surface area contributed by atoms with Gasteiger partial charge in [0.2, 0.25) is 0 Å². The number of benzene rings is 1. The third-order valence-corrected chi connectivity index (χ3v) is 5.37. The van der Waals surface area contributed by atoms with Crippen molar-refractivity contribution < 1.29 is 5.11 Å². The highest BCUT2D eigenvalue weighted by molar-refractivity contribution is 5.20. The highest BCUT2D eigenvalue weighted by atomic mass is 16.3. The highest BCUT2D eigenvalue weighted by Gasteiger charge is 2.38. The Balaban J connectivity index is 1.73. The molecule has 1 aromatic carbocycles. The van der Waals surface area contributed by atoms with E-state index in [-0.39, 0.29) is 6.10 Å². The molecule has 1 heterocycles. The molecule has 0 radical (unpaired) electrons. The standard InChI is InChI=1S/C18H27NO/c1-2-16-9-6-12-19(16)17-13-15(10-11-18(17)20)14-7-4-3-5-8-14/h3-5,7-8,15-18,20H,2,6,9-13H2,1H3. The Labute approximate surface area is 122 Å². The summed E-state index contributed by atoms with van der Waals surface area (Å²) in [7, 11) is 0. The molecule has 1 saturated heterocycles. The molecule has 2 heteroatoms. The molecule has 1 saturated carbocycles. The fourth-order valence-corrected chi connectivity index (χ4v) is 4.25. The second kappa shape index (κ2) is 6.28. The van der Waals surface area contributed by atoms with Gasteiger partial charge in [-0.15, -0.1) is 0 Å². The van der Waals surface area contributed by atoms with E-state index in [1.54, 1.807) is 0 Å². The van der Waals surface area contributed by atoms with Gasteiger partial charge in [0.1, 0.15) is 0 Å². The molecule has 2 nitrogen and oxygen atoms in total. The Morgan fingerprint density at radius 3 is 2.70 bits per heavy atom. The van der Waals surface area contributed by atoms with Gasteiger partial charge in [-0.1, -0.05) is 37.3 Å². The lowest BCUT2D eigenvalue weighted by Gasteiger charge is -2.41. The van der Waals surface area contributed by atoms with Crippen LogP contribution in [-0.2, 0) is 0 Å². The second-order valence-corrected chi connectivity index (χ2v) is 6.50. The zero-order chi connectivity index (χ0) is 13.9. The average molecular weight is 273 g/mol. The monoisotopic (exact) mass is 273 g/mol. The first kappa shape index (κ1) is 14.1. The van der Waals surface area contributed by atoms with Crippen LogP contribution in [-0.4, -0.2) is 34.7 Å². The molecule has 1 aliphatic heterocycles. The van der Waals surface area contributed by atoms with Gasteiger partial charge >= 0.3 is 0 Å². The van der Waals surface area contributed by atoms with Crippen LogP contribution in [0.4, 0.5) is 0 Å². The molecular weight excluding hydrogens is 246 g/mol. The largest absolute Gasteiger partial charge is 0.391 e. The molecule has 3 rings (SSSR count). The first-order valence-corrected chi connectivity index (χ1v) is 8.28. The maximum absolute atomic E-state index is 10.5. The third-order valence-electron chi connectivity index (χ3n) is 5.37. The number of nitrogens with zero attached hydrogens (tertiary/aromatic N) is 1. The van der Waals surface area contributed by atoms with E-state index < -0.39 is 0 Å². The van der Waals surface area contributed by atoms with E-state index in [2.05, 4.69) is 42.2 Å². The quantitative estimate of drug-likeness (QED) is 0.910. The van der Waals surface area contributed by atoms with E-state index in [4.69, 9.17) is 0 Å². The molecule has 4 atom stereocenters. The van der Waals surface area contributed by atoms with Gasteiger partial charge < -0.3 is 5.11 Å². The van der Waals surface area contributed by atoms with Crippen LogP contribution in [0.25, 0.3) is 0 Å². The van der Waals surface area contributed by atoms with Gasteiger partial charge in [-0.2, -0.15) is 0 Å². The zero-order valence-electron chi connectivity index (χ0n) is 12.5. The summed E-state index contributed by atoms with van der Waals surface area (Å²) in [5.74, 6) is 0.628. The first-order valence-electron chi connectivity index (χ1n) is 8.28. The van der Waals surface area contributed by atoms with Crippen molar-refractivity contribution in [1.82, 2.24) is 4.90 Å². The zero-order valence-corrected chi connectivity index (χ0v) is 12.5. The molecule has 1 aliphatic carbocycles. The van der Waals surface area contributed by atoms with Crippen LogP contribution in [0.2, 0.25) is 0 Å². The van der Waals surface area contributed by atoms with E-state index in [9.17, 15) is 5.11 Å². The van der Waals surface area contributed by atoms with Crippen LogP contribution in [0.3, 0.4) is 0 Å². The van der Waals surface area contributed by atoms with Crippen molar-refractivity contribution in [3.8, 4) is 0 Å². The van der Waals surface area contributed by atoms with Gasteiger partial charge in [-0.25, -0.2) is 0 Å². The molecule has 1 aromatic rings. The van der Waals surface area contributed by atoms with Crippen molar-refractivity contribution >= 4 is 0 Å². The van der Waals surface area contributed by atoms with Crippen LogP contribution in [0, 0.1) is 0 Å². The molecule has 110 valence electrons. The Morgan fingerprint density at radius 1 is 1.15 bits per heavy atom. The number of aliphatic hydroxyl groups excluding tert-OH is 1. The minimum atomic E-state index is -0.123. The van der Waals surface area contributed by atoms with Gasteiger partial charge in [0.05, 0.1) is 6.10 Å². The van der Waals surface area contributed by atoms with Crippen molar-refractivity contribution in [2.24, 2.45) is 0 Å². The van der Waals surface area contributed by atoms with Crippen molar-refractivity contribution in [2.45, 2.75) is 69.6 Å². The molecule has 2 aliphatic rings. The summed E-state index contributed by atoms with van der Waals surface area (Å²) in [5, 5.41) is 10.5. The number of hydrogen-bond donors (Lipinski definition) is 1. The summed E-state index contributed by atoms with van der Waals surface area (Å²) in [5.41, 5.74) is 1.46. The Morgan fingerprint density at radius 2 is 1.95 bits per heavy atom. The van der Waals surface area contributed by atoms with Gasteiger partial charge in [-0.05, 0) is 56.6 Å². The summed E-state index contributed by atoms with van der Waals surface area (Å²) in [6, 6.07) is 11.9. The van der Waals surface area contributed by atoms with Crippen LogP contribution in [0.5, 0.6) is 0 Å². The van der Waals surface area contributed by atoms with E-state index in [1.807, 2.05) is 0 Å². The molecule has 0 spiro atoms. The van der Waals surface area contributed by atoms with Crippen LogP contribution in [0.1, 0.15) is 56.9 Å². The van der Waals surface area contributed by atoms with E-state index >= 15 is 0 Å². The van der Waals surface area contributed by atoms with Gasteiger partial charge in [0, 0.05) is 12.1 Å². The Bertz CT molecular complexity index is 419. The van der Waals surface area contributed by atoms with Crippen molar-refractivity contribution in [1.29, 1.82) is 0 Å². The normalized spacial score (nSPS) is 35.3. The fraction of sp³-hybridized carbons (Fsp3) is 0.667. The minimum absolute atomic E-state index is 0.123. The maximum Gasteiger partial charge on any atom is 0.0695 e. The molecule has 20 heavy (non-hydrogen) atoms. The molecule has 4 unspecified atom stereocenters. The lowest BCUT2D eigenvalue weighted by Crippen LogP contribution is -2.48. The summed E-state index contributed by atoms with van der Waals surface area (Å²) in [6.07, 6.45) is 6.93. The maximum atomic E-state index is 10.5. The van der Waals surface area contributed by atoms with Gasteiger partial charge in [0.15, 0.2) is 0 Å². The fourth-order valence-electron chi connectivity index (χ4n) is 4.25. The molecule has 0 bridgehead atoms. The predicted octanol–water partition coefficient (Wildman–Crippen LogP) is 3.56. The molecular formula is C18H27NO.